The maximum absolute atomic E-state index is 12.8. The summed E-state index contributed by atoms with van der Waals surface area (Å²) in [6, 6.07) is 8.84. The molecule has 0 aliphatic rings. The van der Waals surface area contributed by atoms with Gasteiger partial charge in [0.15, 0.2) is 11.5 Å². The fourth-order valence-electron chi connectivity index (χ4n) is 2.09. The first-order valence-electron chi connectivity index (χ1n) is 7.23. The van der Waals surface area contributed by atoms with Crippen LogP contribution in [0.4, 0.5) is 13.2 Å². The minimum atomic E-state index is -5.02. The van der Waals surface area contributed by atoms with Crippen LogP contribution in [-0.4, -0.2) is 13.0 Å². The van der Waals surface area contributed by atoms with E-state index in [-0.39, 0.29) is 11.5 Å². The second-order valence-electron chi connectivity index (χ2n) is 5.17. The minimum Gasteiger partial charge on any atom is -0.453 e. The molecule has 5 nitrogen and oxygen atoms in total. The molecule has 0 bridgehead atoms. The highest BCUT2D eigenvalue weighted by atomic mass is 32.3. The quantitative estimate of drug-likeness (QED) is 0.744. The number of rotatable bonds is 6. The lowest BCUT2D eigenvalue weighted by molar-refractivity contribution is -0.137. The monoisotopic (exact) mass is 376 g/mol. The molecular formula is C16H15F3O5S. The van der Waals surface area contributed by atoms with Gasteiger partial charge in [-0.2, -0.15) is 21.6 Å². The lowest BCUT2D eigenvalue weighted by atomic mass is 10.1. The first kappa shape index (κ1) is 19.1. The number of hydrogen-bond donors (Lipinski definition) is 1. The molecule has 0 aliphatic heterocycles. The van der Waals surface area contributed by atoms with E-state index >= 15 is 0 Å². The van der Waals surface area contributed by atoms with Crippen LogP contribution in [0.3, 0.4) is 0 Å². The normalized spacial score (nSPS) is 12.0. The fourth-order valence-corrected chi connectivity index (χ4v) is 2.44. The summed E-state index contributed by atoms with van der Waals surface area (Å²) in [5, 5.41) is 0. The van der Waals surface area contributed by atoms with Crippen LogP contribution in [0, 0.1) is 0 Å². The lowest BCUT2D eigenvalue weighted by Gasteiger charge is -2.13. The highest BCUT2D eigenvalue weighted by molar-refractivity contribution is 7.81. The Morgan fingerprint density at radius 1 is 1.04 bits per heavy atom. The predicted octanol–water partition coefficient (Wildman–Crippen LogP) is 4.63. The molecule has 0 radical (unpaired) electrons. The Bertz CT molecular complexity index is 830. The van der Waals surface area contributed by atoms with Crippen LogP contribution in [-0.2, 0) is 23.0 Å². The standard InChI is InChI=1S/C16H15F3O5S/c1-2-3-11-4-7-13(8-5-11)23-14-9-6-12(16(17,18)19)10-15(14)24-25(20,21)22/h4-10H,2-3H2,1H3,(H,20,21,22). The Morgan fingerprint density at radius 2 is 1.68 bits per heavy atom. The molecule has 0 saturated carbocycles. The van der Waals surface area contributed by atoms with E-state index in [9.17, 15) is 21.6 Å². The van der Waals surface area contributed by atoms with E-state index in [0.717, 1.165) is 30.5 Å². The lowest BCUT2D eigenvalue weighted by Crippen LogP contribution is -2.10. The van der Waals surface area contributed by atoms with Gasteiger partial charge in [0.1, 0.15) is 5.75 Å². The van der Waals surface area contributed by atoms with E-state index in [2.05, 4.69) is 4.18 Å². The van der Waals surface area contributed by atoms with Crippen LogP contribution in [0.25, 0.3) is 0 Å². The number of halogens is 3. The Labute approximate surface area is 143 Å². The summed E-state index contributed by atoms with van der Waals surface area (Å²) in [5.74, 6) is -0.774. The highest BCUT2D eigenvalue weighted by Crippen LogP contribution is 2.38. The van der Waals surface area contributed by atoms with Crippen molar-refractivity contribution < 1.29 is 35.1 Å². The first-order valence-corrected chi connectivity index (χ1v) is 8.60. The van der Waals surface area contributed by atoms with Gasteiger partial charge in [-0.3, -0.25) is 4.55 Å². The first-order chi connectivity index (χ1) is 11.6. The van der Waals surface area contributed by atoms with Crippen molar-refractivity contribution in [3.05, 3.63) is 53.6 Å². The molecule has 1 N–H and O–H groups in total. The molecule has 0 heterocycles. The summed E-state index contributed by atoms with van der Waals surface area (Å²) in [6.07, 6.45) is -2.90. The van der Waals surface area contributed by atoms with Gasteiger partial charge in [-0.05, 0) is 42.3 Å². The Morgan fingerprint density at radius 3 is 2.20 bits per heavy atom. The number of aryl methyl sites for hydroxylation is 1. The third kappa shape index (κ3) is 5.64. The molecule has 0 fully saturated rings. The molecule has 0 unspecified atom stereocenters. The molecule has 0 saturated heterocycles. The predicted molar refractivity (Wildman–Crippen MR) is 84.1 cm³/mol. The van der Waals surface area contributed by atoms with Crippen LogP contribution in [0.2, 0.25) is 0 Å². The molecule has 0 aliphatic carbocycles. The fraction of sp³-hybridized carbons (Fsp3) is 0.250. The van der Waals surface area contributed by atoms with E-state index in [0.29, 0.717) is 6.07 Å². The van der Waals surface area contributed by atoms with E-state index in [4.69, 9.17) is 9.29 Å². The molecule has 0 aromatic heterocycles. The summed E-state index contributed by atoms with van der Waals surface area (Å²) in [4.78, 5) is 0. The van der Waals surface area contributed by atoms with Crippen molar-refractivity contribution in [1.82, 2.24) is 0 Å². The van der Waals surface area contributed by atoms with Gasteiger partial charge in [-0.15, -0.1) is 0 Å². The summed E-state index contributed by atoms with van der Waals surface area (Å²) in [7, 11) is -5.02. The average Bonchev–Trinajstić information content (AvgIpc) is 2.48. The van der Waals surface area contributed by atoms with Crippen LogP contribution in [0.15, 0.2) is 42.5 Å². The van der Waals surface area contributed by atoms with Gasteiger partial charge in [-0.25, -0.2) is 0 Å². The van der Waals surface area contributed by atoms with E-state index in [1.54, 1.807) is 24.3 Å². The maximum Gasteiger partial charge on any atom is 0.446 e. The number of hydrogen-bond acceptors (Lipinski definition) is 4. The molecule has 0 spiro atoms. The zero-order valence-corrected chi connectivity index (χ0v) is 13.9. The largest absolute Gasteiger partial charge is 0.453 e. The van der Waals surface area contributed by atoms with E-state index in [1.807, 2.05) is 6.92 Å². The summed E-state index contributed by atoms with van der Waals surface area (Å²) >= 11 is 0. The van der Waals surface area contributed by atoms with Crippen molar-refractivity contribution in [2.75, 3.05) is 0 Å². The average molecular weight is 376 g/mol. The zero-order chi connectivity index (χ0) is 18.7. The molecule has 2 aromatic rings. The molecule has 0 amide bonds. The minimum absolute atomic E-state index is 0.278. The Balaban J connectivity index is 2.35. The van der Waals surface area contributed by atoms with Crippen LogP contribution in [0.5, 0.6) is 17.2 Å². The molecule has 2 aromatic carbocycles. The van der Waals surface area contributed by atoms with Crippen molar-refractivity contribution in [1.29, 1.82) is 0 Å². The second kappa shape index (κ2) is 7.32. The molecule has 25 heavy (non-hydrogen) atoms. The van der Waals surface area contributed by atoms with E-state index in [1.165, 1.54) is 0 Å². The van der Waals surface area contributed by atoms with Crippen molar-refractivity contribution in [3.63, 3.8) is 0 Å². The van der Waals surface area contributed by atoms with Crippen molar-refractivity contribution in [2.24, 2.45) is 0 Å². The third-order valence-corrected chi connectivity index (χ3v) is 3.55. The van der Waals surface area contributed by atoms with Crippen LogP contribution < -0.4 is 8.92 Å². The number of alkyl halides is 3. The van der Waals surface area contributed by atoms with Gasteiger partial charge in [0, 0.05) is 0 Å². The van der Waals surface area contributed by atoms with E-state index < -0.39 is 27.9 Å². The van der Waals surface area contributed by atoms with Gasteiger partial charge in [0.05, 0.1) is 5.56 Å². The van der Waals surface area contributed by atoms with Gasteiger partial charge >= 0.3 is 16.6 Å². The van der Waals surface area contributed by atoms with Gasteiger partial charge < -0.3 is 8.92 Å². The van der Waals surface area contributed by atoms with Crippen molar-refractivity contribution in [3.8, 4) is 17.2 Å². The topological polar surface area (TPSA) is 72.8 Å². The van der Waals surface area contributed by atoms with Crippen LogP contribution in [0.1, 0.15) is 24.5 Å². The smallest absolute Gasteiger partial charge is 0.446 e. The molecule has 0 atom stereocenters. The van der Waals surface area contributed by atoms with Crippen LogP contribution >= 0.6 is 0 Å². The molecule has 2 rings (SSSR count). The Kier molecular flexibility index (Phi) is 5.58. The van der Waals surface area contributed by atoms with Crippen molar-refractivity contribution in [2.45, 2.75) is 25.9 Å². The summed E-state index contributed by atoms with van der Waals surface area (Å²) < 4.78 is 78.4. The molecular weight excluding hydrogens is 361 g/mol. The Hall–Kier alpha value is -2.26. The highest BCUT2D eigenvalue weighted by Gasteiger charge is 2.32. The SMILES string of the molecule is CCCc1ccc(Oc2ccc(C(F)(F)F)cc2OS(=O)(=O)O)cc1. The molecule has 9 heteroatoms. The van der Waals surface area contributed by atoms with Gasteiger partial charge in [-0.1, -0.05) is 25.5 Å². The second-order valence-corrected chi connectivity index (χ2v) is 6.19. The third-order valence-electron chi connectivity index (χ3n) is 3.16. The zero-order valence-electron chi connectivity index (χ0n) is 13.1. The molecule has 136 valence electrons. The number of ether oxygens (including phenoxy) is 1. The van der Waals surface area contributed by atoms with Gasteiger partial charge in [0.25, 0.3) is 0 Å². The maximum atomic E-state index is 12.8. The summed E-state index contributed by atoms with van der Waals surface area (Å²) in [6.45, 7) is 2.02. The summed E-state index contributed by atoms with van der Waals surface area (Å²) in [5.41, 5.74) is -0.0894. The van der Waals surface area contributed by atoms with Gasteiger partial charge in [0.2, 0.25) is 0 Å². The van der Waals surface area contributed by atoms with Crippen molar-refractivity contribution >= 4 is 10.4 Å². The number of benzene rings is 2.